The van der Waals surface area contributed by atoms with Gasteiger partial charge in [0.15, 0.2) is 0 Å². The summed E-state index contributed by atoms with van der Waals surface area (Å²) in [7, 11) is 0. The van der Waals surface area contributed by atoms with Crippen LogP contribution in [0.25, 0.3) is 0 Å². The predicted molar refractivity (Wildman–Crippen MR) is 112 cm³/mol. The number of hydrogen-bond acceptors (Lipinski definition) is 3. The summed E-state index contributed by atoms with van der Waals surface area (Å²) in [5.74, 6) is -0.384. The summed E-state index contributed by atoms with van der Waals surface area (Å²) in [6, 6.07) is 12.8. The molecule has 0 spiro atoms. The minimum Gasteiger partial charge on any atom is -0.372 e. The van der Waals surface area contributed by atoms with Gasteiger partial charge in [-0.3, -0.25) is 9.59 Å². The maximum Gasteiger partial charge on any atom is 0.255 e. The zero-order chi connectivity index (χ0) is 19.8. The fourth-order valence-corrected chi connectivity index (χ4v) is 2.91. The highest BCUT2D eigenvalue weighted by Crippen LogP contribution is 2.23. The highest BCUT2D eigenvalue weighted by molar-refractivity contribution is 6.06. The Kier molecular flexibility index (Phi) is 7.41. The highest BCUT2D eigenvalue weighted by Gasteiger charge is 2.12. The first-order valence-corrected chi connectivity index (χ1v) is 9.55. The van der Waals surface area contributed by atoms with Crippen molar-refractivity contribution in [1.82, 2.24) is 5.32 Å². The Morgan fingerprint density at radius 3 is 2.19 bits per heavy atom. The van der Waals surface area contributed by atoms with Crippen LogP contribution in [0.2, 0.25) is 0 Å². The molecule has 2 aromatic rings. The summed E-state index contributed by atoms with van der Waals surface area (Å²) >= 11 is 0. The highest BCUT2D eigenvalue weighted by atomic mass is 16.2. The number of carbonyl (C=O) groups is 2. The average molecular weight is 367 g/mol. The minimum absolute atomic E-state index is 0.161. The summed E-state index contributed by atoms with van der Waals surface area (Å²) in [6.07, 6.45) is 0.870. The van der Waals surface area contributed by atoms with E-state index in [1.807, 2.05) is 26.0 Å². The normalized spacial score (nSPS) is 10.4. The Hall–Kier alpha value is -2.82. The zero-order valence-electron chi connectivity index (χ0n) is 16.6. The van der Waals surface area contributed by atoms with Crippen molar-refractivity contribution < 1.29 is 9.59 Å². The van der Waals surface area contributed by atoms with Crippen LogP contribution in [0.4, 0.5) is 11.4 Å². The Morgan fingerprint density at radius 2 is 1.59 bits per heavy atom. The molecule has 0 radical (unpaired) electrons. The lowest BCUT2D eigenvalue weighted by atomic mass is 10.1. The third-order valence-corrected chi connectivity index (χ3v) is 4.51. The fourth-order valence-electron chi connectivity index (χ4n) is 2.91. The molecule has 0 atom stereocenters. The van der Waals surface area contributed by atoms with E-state index in [0.29, 0.717) is 17.7 Å². The fraction of sp³-hybridized carbons (Fsp3) is 0.364. The maximum absolute atomic E-state index is 12.6. The van der Waals surface area contributed by atoms with Crippen molar-refractivity contribution >= 4 is 23.2 Å². The molecule has 2 N–H and O–H groups in total. The molecule has 0 aliphatic rings. The number of amides is 2. The summed E-state index contributed by atoms with van der Waals surface area (Å²) in [5.41, 5.74) is 3.88. The minimum atomic E-state index is -0.223. The van der Waals surface area contributed by atoms with Crippen molar-refractivity contribution in [2.24, 2.45) is 0 Å². The van der Waals surface area contributed by atoms with Crippen molar-refractivity contribution in [3.05, 3.63) is 59.2 Å². The molecule has 5 heteroatoms. The molecule has 0 heterocycles. The molecule has 144 valence electrons. The van der Waals surface area contributed by atoms with Crippen molar-refractivity contribution in [3.8, 4) is 0 Å². The van der Waals surface area contributed by atoms with Crippen LogP contribution in [0.15, 0.2) is 42.5 Å². The first-order chi connectivity index (χ1) is 13.0. The van der Waals surface area contributed by atoms with E-state index in [2.05, 4.69) is 35.4 Å². The Labute approximate surface area is 161 Å². The molecular formula is C22H29N3O2. The maximum atomic E-state index is 12.6. The van der Waals surface area contributed by atoms with Gasteiger partial charge in [-0.05, 0) is 69.2 Å². The second-order valence-corrected chi connectivity index (χ2v) is 6.46. The number of hydrogen-bond donors (Lipinski definition) is 2. The molecule has 0 unspecified atom stereocenters. The number of nitrogens with zero attached hydrogens (tertiary/aromatic N) is 1. The van der Waals surface area contributed by atoms with Gasteiger partial charge in [0.05, 0.1) is 0 Å². The van der Waals surface area contributed by atoms with E-state index in [0.717, 1.165) is 36.4 Å². The molecule has 0 saturated carbocycles. The number of aryl methyl sites for hydroxylation is 1. The van der Waals surface area contributed by atoms with Crippen LogP contribution in [0.1, 0.15) is 53.5 Å². The lowest BCUT2D eigenvalue weighted by Crippen LogP contribution is -2.24. The van der Waals surface area contributed by atoms with Crippen LogP contribution in [0.5, 0.6) is 0 Å². The zero-order valence-corrected chi connectivity index (χ0v) is 16.6. The third kappa shape index (κ3) is 5.33. The van der Waals surface area contributed by atoms with E-state index in [-0.39, 0.29) is 11.8 Å². The van der Waals surface area contributed by atoms with Gasteiger partial charge in [0, 0.05) is 42.1 Å². The van der Waals surface area contributed by atoms with Crippen LogP contribution in [0, 0.1) is 6.92 Å². The first kappa shape index (κ1) is 20.5. The van der Waals surface area contributed by atoms with Gasteiger partial charge in [0.25, 0.3) is 11.8 Å². The van der Waals surface area contributed by atoms with E-state index in [1.54, 1.807) is 24.3 Å². The molecule has 27 heavy (non-hydrogen) atoms. The number of carbonyl (C=O) groups excluding carboxylic acids is 2. The number of benzene rings is 2. The van der Waals surface area contributed by atoms with E-state index >= 15 is 0 Å². The topological polar surface area (TPSA) is 61.4 Å². The van der Waals surface area contributed by atoms with Crippen molar-refractivity contribution in [1.29, 1.82) is 0 Å². The molecule has 0 aromatic heterocycles. The lowest BCUT2D eigenvalue weighted by Gasteiger charge is -2.22. The van der Waals surface area contributed by atoms with E-state index in [1.165, 1.54) is 0 Å². The van der Waals surface area contributed by atoms with Gasteiger partial charge < -0.3 is 15.5 Å². The summed E-state index contributed by atoms with van der Waals surface area (Å²) in [5, 5.41) is 5.77. The van der Waals surface area contributed by atoms with Gasteiger partial charge in [-0.1, -0.05) is 13.0 Å². The summed E-state index contributed by atoms with van der Waals surface area (Å²) in [4.78, 5) is 27.0. The molecule has 2 rings (SSSR count). The average Bonchev–Trinajstić information content (AvgIpc) is 2.69. The first-order valence-electron chi connectivity index (χ1n) is 9.55. The van der Waals surface area contributed by atoms with Gasteiger partial charge in [0.2, 0.25) is 0 Å². The Bertz CT molecular complexity index is 798. The van der Waals surface area contributed by atoms with Gasteiger partial charge in [0.1, 0.15) is 0 Å². The SMILES string of the molecule is CCCNC(=O)c1cccc(C(=O)Nc2ccc(N(CC)CC)cc2C)c1. The van der Waals surface area contributed by atoms with Crippen LogP contribution < -0.4 is 15.5 Å². The molecule has 0 saturated heterocycles. The molecule has 5 nitrogen and oxygen atoms in total. The predicted octanol–water partition coefficient (Wildman–Crippen LogP) is 4.23. The molecule has 0 aliphatic heterocycles. The van der Waals surface area contributed by atoms with E-state index in [4.69, 9.17) is 0 Å². The largest absolute Gasteiger partial charge is 0.372 e. The molecular weight excluding hydrogens is 338 g/mol. The Morgan fingerprint density at radius 1 is 0.926 bits per heavy atom. The van der Waals surface area contributed by atoms with Gasteiger partial charge in [-0.15, -0.1) is 0 Å². The smallest absolute Gasteiger partial charge is 0.255 e. The molecule has 0 bridgehead atoms. The molecule has 2 aromatic carbocycles. The lowest BCUT2D eigenvalue weighted by molar-refractivity contribution is 0.0953. The quantitative estimate of drug-likeness (QED) is 0.734. The molecule has 0 fully saturated rings. The van der Waals surface area contributed by atoms with Crippen LogP contribution >= 0.6 is 0 Å². The van der Waals surface area contributed by atoms with Gasteiger partial charge >= 0.3 is 0 Å². The second kappa shape index (κ2) is 9.76. The van der Waals surface area contributed by atoms with Crippen molar-refractivity contribution in [2.75, 3.05) is 29.9 Å². The van der Waals surface area contributed by atoms with Gasteiger partial charge in [-0.25, -0.2) is 0 Å². The number of rotatable bonds is 8. The standard InChI is InChI=1S/C22H29N3O2/c1-5-13-23-21(26)17-9-8-10-18(15-17)22(27)24-20-12-11-19(14-16(20)4)25(6-2)7-3/h8-12,14-15H,5-7,13H2,1-4H3,(H,23,26)(H,24,27). The Balaban J connectivity index is 2.14. The molecule has 0 aliphatic carbocycles. The van der Waals surface area contributed by atoms with Gasteiger partial charge in [-0.2, -0.15) is 0 Å². The summed E-state index contributed by atoms with van der Waals surface area (Å²) < 4.78 is 0. The monoisotopic (exact) mass is 367 g/mol. The van der Waals surface area contributed by atoms with E-state index < -0.39 is 0 Å². The van der Waals surface area contributed by atoms with Crippen LogP contribution in [-0.2, 0) is 0 Å². The number of anilines is 2. The van der Waals surface area contributed by atoms with Crippen molar-refractivity contribution in [2.45, 2.75) is 34.1 Å². The third-order valence-electron chi connectivity index (χ3n) is 4.51. The molecule has 2 amide bonds. The van der Waals surface area contributed by atoms with Crippen molar-refractivity contribution in [3.63, 3.8) is 0 Å². The van der Waals surface area contributed by atoms with E-state index in [9.17, 15) is 9.59 Å². The number of nitrogens with one attached hydrogen (secondary N) is 2. The summed E-state index contributed by atoms with van der Waals surface area (Å²) in [6.45, 7) is 10.7. The van der Waals surface area contributed by atoms with Crippen LogP contribution in [0.3, 0.4) is 0 Å². The van der Waals surface area contributed by atoms with Crippen LogP contribution in [-0.4, -0.2) is 31.4 Å². The second-order valence-electron chi connectivity index (χ2n) is 6.46.